The maximum absolute atomic E-state index is 5.81. The van der Waals surface area contributed by atoms with Crippen molar-refractivity contribution in [1.82, 2.24) is 15.4 Å². The van der Waals surface area contributed by atoms with Crippen LogP contribution in [0.3, 0.4) is 0 Å². The van der Waals surface area contributed by atoms with Crippen LogP contribution in [0.25, 0.3) is 11.3 Å². The first-order valence-electron chi connectivity index (χ1n) is 3.91. The molecular formula is C9H8ClN3. The lowest BCUT2D eigenvalue weighted by atomic mass is 10.1. The summed E-state index contributed by atoms with van der Waals surface area (Å²) < 4.78 is 0. The van der Waals surface area contributed by atoms with Crippen molar-refractivity contribution in [3.05, 3.63) is 35.0 Å². The van der Waals surface area contributed by atoms with Crippen LogP contribution in [0.4, 0.5) is 0 Å². The molecule has 1 aromatic carbocycles. The second-order valence-electron chi connectivity index (χ2n) is 2.84. The average Bonchev–Trinajstić information content (AvgIpc) is 2.53. The summed E-state index contributed by atoms with van der Waals surface area (Å²) in [4.78, 5) is 0. The first-order chi connectivity index (χ1) is 6.27. The Morgan fingerprint density at radius 2 is 1.92 bits per heavy atom. The van der Waals surface area contributed by atoms with Crippen molar-refractivity contribution in [3.63, 3.8) is 0 Å². The topological polar surface area (TPSA) is 41.6 Å². The molecule has 2 rings (SSSR count). The first kappa shape index (κ1) is 8.26. The van der Waals surface area contributed by atoms with Gasteiger partial charge < -0.3 is 0 Å². The van der Waals surface area contributed by atoms with E-state index in [-0.39, 0.29) is 0 Å². The number of halogens is 1. The van der Waals surface area contributed by atoms with E-state index in [1.54, 1.807) is 0 Å². The summed E-state index contributed by atoms with van der Waals surface area (Å²) in [5, 5.41) is 10.4. The first-order valence-corrected chi connectivity index (χ1v) is 4.29. The summed E-state index contributed by atoms with van der Waals surface area (Å²) in [6, 6.07) is 8.01. The highest BCUT2D eigenvalue weighted by atomic mass is 35.5. The van der Waals surface area contributed by atoms with E-state index in [1.807, 2.05) is 31.2 Å². The summed E-state index contributed by atoms with van der Waals surface area (Å²) in [5.74, 6) is 0. The van der Waals surface area contributed by atoms with Crippen LogP contribution in [-0.2, 0) is 0 Å². The van der Waals surface area contributed by atoms with Gasteiger partial charge in [-0.2, -0.15) is 0 Å². The maximum atomic E-state index is 5.81. The minimum absolute atomic E-state index is 0.406. The fourth-order valence-corrected chi connectivity index (χ4v) is 1.31. The van der Waals surface area contributed by atoms with Gasteiger partial charge in [0.25, 0.3) is 0 Å². The normalized spacial score (nSPS) is 10.3. The molecule has 4 heteroatoms. The van der Waals surface area contributed by atoms with Crippen LogP contribution < -0.4 is 0 Å². The van der Waals surface area contributed by atoms with Crippen LogP contribution in [0.15, 0.2) is 24.3 Å². The average molecular weight is 194 g/mol. The fourth-order valence-electron chi connectivity index (χ4n) is 1.12. The van der Waals surface area contributed by atoms with E-state index < -0.39 is 0 Å². The van der Waals surface area contributed by atoms with Crippen molar-refractivity contribution in [3.8, 4) is 11.3 Å². The predicted molar refractivity (Wildman–Crippen MR) is 51.6 cm³/mol. The number of benzene rings is 1. The smallest absolute Gasteiger partial charge is 0.178 e. The van der Waals surface area contributed by atoms with E-state index in [9.17, 15) is 0 Å². The summed E-state index contributed by atoms with van der Waals surface area (Å²) >= 11 is 5.81. The Kier molecular flexibility index (Phi) is 2.02. The maximum Gasteiger partial charge on any atom is 0.178 e. The minimum atomic E-state index is 0.406. The Labute approximate surface area is 80.7 Å². The van der Waals surface area contributed by atoms with Crippen molar-refractivity contribution in [2.45, 2.75) is 6.92 Å². The van der Waals surface area contributed by atoms with Gasteiger partial charge >= 0.3 is 0 Å². The van der Waals surface area contributed by atoms with E-state index in [4.69, 9.17) is 11.6 Å². The largest absolute Gasteiger partial charge is 0.256 e. The zero-order valence-corrected chi connectivity index (χ0v) is 7.84. The van der Waals surface area contributed by atoms with Gasteiger partial charge in [-0.1, -0.05) is 46.6 Å². The van der Waals surface area contributed by atoms with Crippen molar-refractivity contribution < 1.29 is 0 Å². The monoisotopic (exact) mass is 193 g/mol. The zero-order valence-electron chi connectivity index (χ0n) is 7.08. The van der Waals surface area contributed by atoms with Crippen LogP contribution in [0.1, 0.15) is 5.56 Å². The number of H-pyrrole nitrogens is 1. The van der Waals surface area contributed by atoms with E-state index in [0.717, 1.165) is 11.3 Å². The van der Waals surface area contributed by atoms with Gasteiger partial charge in [0.2, 0.25) is 0 Å². The van der Waals surface area contributed by atoms with Gasteiger partial charge in [-0.05, 0) is 6.92 Å². The molecule has 3 nitrogen and oxygen atoms in total. The molecule has 2 aromatic rings. The third-order valence-corrected chi connectivity index (χ3v) is 2.11. The standard InChI is InChI=1S/C9H8ClN3/c1-6-2-4-7(5-3-6)8-9(10)12-13-11-8/h2-5H,1H3,(H,11,12,13). The van der Waals surface area contributed by atoms with Crippen LogP contribution in [0.2, 0.25) is 5.15 Å². The van der Waals surface area contributed by atoms with Crippen molar-refractivity contribution >= 4 is 11.6 Å². The molecule has 66 valence electrons. The number of hydrogen-bond acceptors (Lipinski definition) is 2. The molecule has 0 amide bonds. The van der Waals surface area contributed by atoms with Gasteiger partial charge in [-0.25, -0.2) is 0 Å². The highest BCUT2D eigenvalue weighted by Crippen LogP contribution is 2.22. The lowest BCUT2D eigenvalue weighted by Gasteiger charge is -1.97. The number of aromatic amines is 1. The van der Waals surface area contributed by atoms with Gasteiger partial charge in [0.1, 0.15) is 5.69 Å². The molecule has 1 N–H and O–H groups in total. The molecule has 0 saturated carbocycles. The number of aromatic nitrogens is 3. The summed E-state index contributed by atoms with van der Waals surface area (Å²) in [6.07, 6.45) is 0. The van der Waals surface area contributed by atoms with Crippen LogP contribution in [0, 0.1) is 6.92 Å². The van der Waals surface area contributed by atoms with Crippen LogP contribution >= 0.6 is 11.6 Å². The number of rotatable bonds is 1. The highest BCUT2D eigenvalue weighted by molar-refractivity contribution is 6.31. The molecule has 13 heavy (non-hydrogen) atoms. The molecule has 0 spiro atoms. The van der Waals surface area contributed by atoms with Crippen LogP contribution in [-0.4, -0.2) is 15.4 Å². The van der Waals surface area contributed by atoms with Gasteiger partial charge in [0, 0.05) is 5.56 Å². The van der Waals surface area contributed by atoms with Crippen LogP contribution in [0.5, 0.6) is 0 Å². The molecule has 0 aliphatic rings. The Balaban J connectivity index is 2.47. The summed E-state index contributed by atoms with van der Waals surface area (Å²) in [7, 11) is 0. The molecule has 0 bridgehead atoms. The highest BCUT2D eigenvalue weighted by Gasteiger charge is 2.05. The van der Waals surface area contributed by atoms with E-state index in [0.29, 0.717) is 5.15 Å². The molecule has 0 radical (unpaired) electrons. The third-order valence-electron chi connectivity index (χ3n) is 1.85. The van der Waals surface area contributed by atoms with E-state index in [2.05, 4.69) is 15.4 Å². The van der Waals surface area contributed by atoms with Gasteiger partial charge in [0.05, 0.1) is 0 Å². The number of aryl methyl sites for hydroxylation is 1. The lowest BCUT2D eigenvalue weighted by Crippen LogP contribution is -1.79. The van der Waals surface area contributed by atoms with Gasteiger partial charge in [-0.15, -0.1) is 5.10 Å². The number of nitrogens with one attached hydrogen (secondary N) is 1. The lowest BCUT2D eigenvalue weighted by molar-refractivity contribution is 0.942. The summed E-state index contributed by atoms with van der Waals surface area (Å²) in [5.41, 5.74) is 2.98. The Bertz CT molecular complexity index is 405. The Morgan fingerprint density at radius 1 is 1.23 bits per heavy atom. The molecule has 0 saturated heterocycles. The number of nitrogens with zero attached hydrogens (tertiary/aromatic N) is 2. The molecule has 1 heterocycles. The number of hydrogen-bond donors (Lipinski definition) is 1. The predicted octanol–water partition coefficient (Wildman–Crippen LogP) is 2.43. The van der Waals surface area contributed by atoms with E-state index in [1.165, 1.54) is 5.56 Å². The zero-order chi connectivity index (χ0) is 9.26. The van der Waals surface area contributed by atoms with Crippen molar-refractivity contribution in [1.29, 1.82) is 0 Å². The fraction of sp³-hybridized carbons (Fsp3) is 0.111. The molecule has 1 aromatic heterocycles. The minimum Gasteiger partial charge on any atom is -0.256 e. The van der Waals surface area contributed by atoms with E-state index >= 15 is 0 Å². The second kappa shape index (κ2) is 3.18. The third kappa shape index (κ3) is 1.55. The molecular weight excluding hydrogens is 186 g/mol. The molecule has 0 fully saturated rings. The summed E-state index contributed by atoms with van der Waals surface area (Å²) in [6.45, 7) is 2.04. The van der Waals surface area contributed by atoms with Crippen molar-refractivity contribution in [2.24, 2.45) is 0 Å². The molecule has 0 unspecified atom stereocenters. The SMILES string of the molecule is Cc1ccc(-c2[nH]nnc2Cl)cc1. The Morgan fingerprint density at radius 3 is 2.46 bits per heavy atom. The molecule has 0 atom stereocenters. The second-order valence-corrected chi connectivity index (χ2v) is 3.20. The quantitative estimate of drug-likeness (QED) is 0.756. The molecule has 0 aliphatic heterocycles. The molecule has 0 aliphatic carbocycles. The van der Waals surface area contributed by atoms with Crippen molar-refractivity contribution in [2.75, 3.05) is 0 Å². The van der Waals surface area contributed by atoms with Gasteiger partial charge in [0.15, 0.2) is 5.15 Å². The van der Waals surface area contributed by atoms with Gasteiger partial charge in [-0.3, -0.25) is 5.10 Å². The Hall–Kier alpha value is -1.35.